The van der Waals surface area contributed by atoms with Crippen LogP contribution in [0.2, 0.25) is 0 Å². The average Bonchev–Trinajstić information content (AvgIpc) is 2.80. The van der Waals surface area contributed by atoms with Gasteiger partial charge < -0.3 is 15.8 Å². The van der Waals surface area contributed by atoms with Crippen LogP contribution in [0.4, 0.5) is 0 Å². The summed E-state index contributed by atoms with van der Waals surface area (Å²) >= 11 is 0. The van der Waals surface area contributed by atoms with Crippen LogP contribution in [0.15, 0.2) is 9.59 Å². The number of amides is 1. The first-order chi connectivity index (χ1) is 11.2. The first-order valence-corrected chi connectivity index (χ1v) is 8.36. The molecule has 1 fully saturated rings. The number of H-pyrrole nitrogens is 2. The van der Waals surface area contributed by atoms with Gasteiger partial charge in [-0.15, -0.1) is 0 Å². The lowest BCUT2D eigenvalue weighted by Gasteiger charge is -2.38. The highest BCUT2D eigenvalue weighted by Gasteiger charge is 2.51. The number of carbonyl (C=O) groups excluding carboxylic acids is 1. The Morgan fingerprint density at radius 3 is 2.83 bits per heavy atom. The van der Waals surface area contributed by atoms with Crippen LogP contribution in [0.5, 0.6) is 5.88 Å². The third-order valence-corrected chi connectivity index (χ3v) is 4.99. The summed E-state index contributed by atoms with van der Waals surface area (Å²) in [5.41, 5.74) is 3.87. The Morgan fingerprint density at radius 1 is 1.38 bits per heavy atom. The van der Waals surface area contributed by atoms with Gasteiger partial charge in [-0.3, -0.25) is 19.6 Å². The molecule has 24 heavy (non-hydrogen) atoms. The maximum Gasteiger partial charge on any atom is 0.328 e. The van der Waals surface area contributed by atoms with Crippen molar-refractivity contribution >= 4 is 5.91 Å². The molecule has 2 atom stereocenters. The largest absolute Gasteiger partial charge is 0.471 e. The zero-order valence-electron chi connectivity index (χ0n) is 14.0. The molecule has 1 aromatic rings. The molecule has 3 rings (SSSR count). The number of fused-ring (bicyclic) bond motifs is 3. The molecule has 1 aliphatic heterocycles. The molecule has 8 nitrogen and oxygen atoms in total. The van der Waals surface area contributed by atoms with Gasteiger partial charge in [-0.05, 0) is 33.1 Å². The fourth-order valence-electron chi connectivity index (χ4n) is 3.78. The second-order valence-electron chi connectivity index (χ2n) is 7.34. The van der Waals surface area contributed by atoms with Crippen LogP contribution < -0.4 is 27.0 Å². The highest BCUT2D eigenvalue weighted by Crippen LogP contribution is 2.51. The molecule has 0 saturated heterocycles. The molecule has 1 aliphatic carbocycles. The summed E-state index contributed by atoms with van der Waals surface area (Å²) in [4.78, 5) is 40.5. The van der Waals surface area contributed by atoms with E-state index in [0.29, 0.717) is 18.5 Å². The van der Waals surface area contributed by atoms with Gasteiger partial charge in [0.05, 0.1) is 11.1 Å². The zero-order valence-corrected chi connectivity index (χ0v) is 14.0. The summed E-state index contributed by atoms with van der Waals surface area (Å²) in [6.07, 6.45) is 4.18. The van der Waals surface area contributed by atoms with Crippen molar-refractivity contribution in [3.8, 4) is 5.88 Å². The first kappa shape index (κ1) is 16.8. The number of aromatic nitrogens is 2. The molecule has 8 heteroatoms. The predicted octanol–water partition coefficient (Wildman–Crippen LogP) is 0.0956. The molecule has 1 saturated carbocycles. The summed E-state index contributed by atoms with van der Waals surface area (Å²) in [6.45, 7) is 3.71. The van der Waals surface area contributed by atoms with Crippen LogP contribution in [0.25, 0.3) is 0 Å². The van der Waals surface area contributed by atoms with Crippen molar-refractivity contribution < 1.29 is 9.53 Å². The van der Waals surface area contributed by atoms with E-state index in [1.807, 2.05) is 0 Å². The van der Waals surface area contributed by atoms with Gasteiger partial charge in [-0.25, -0.2) is 4.79 Å². The average molecular weight is 336 g/mol. The smallest absolute Gasteiger partial charge is 0.328 e. The van der Waals surface area contributed by atoms with Gasteiger partial charge in [0, 0.05) is 18.9 Å². The number of rotatable bonds is 4. The van der Waals surface area contributed by atoms with Crippen molar-refractivity contribution in [1.29, 1.82) is 0 Å². The SMILES string of the molecule is CC(C)(N)C(=O)NCC[C@@]12CCCC[C@@H]1c1c([nH]c(=O)[nH]c1=O)O2. The molecule has 0 radical (unpaired) electrons. The van der Waals surface area contributed by atoms with Crippen LogP contribution in [0.1, 0.15) is 57.4 Å². The van der Waals surface area contributed by atoms with Gasteiger partial charge >= 0.3 is 5.69 Å². The molecule has 2 heterocycles. The molecule has 1 amide bonds. The summed E-state index contributed by atoms with van der Waals surface area (Å²) in [5, 5.41) is 2.83. The van der Waals surface area contributed by atoms with E-state index in [0.717, 1.165) is 25.7 Å². The zero-order chi connectivity index (χ0) is 17.5. The van der Waals surface area contributed by atoms with Crippen LogP contribution in [-0.2, 0) is 4.79 Å². The molecule has 0 spiro atoms. The van der Waals surface area contributed by atoms with E-state index in [1.54, 1.807) is 13.8 Å². The quantitative estimate of drug-likeness (QED) is 0.619. The number of hydrogen-bond donors (Lipinski definition) is 4. The Kier molecular flexibility index (Phi) is 4.03. The number of carbonyl (C=O) groups is 1. The van der Waals surface area contributed by atoms with Crippen LogP contribution in [0, 0.1) is 0 Å². The Morgan fingerprint density at radius 2 is 2.12 bits per heavy atom. The lowest BCUT2D eigenvalue weighted by Crippen LogP contribution is -2.51. The minimum atomic E-state index is -0.939. The van der Waals surface area contributed by atoms with Gasteiger partial charge in [0.15, 0.2) is 0 Å². The first-order valence-electron chi connectivity index (χ1n) is 8.36. The Bertz CT molecular complexity index is 761. The topological polar surface area (TPSA) is 130 Å². The maximum atomic E-state index is 12.2. The summed E-state index contributed by atoms with van der Waals surface area (Å²) in [6, 6.07) is 0. The van der Waals surface area contributed by atoms with E-state index in [9.17, 15) is 14.4 Å². The van der Waals surface area contributed by atoms with Crippen molar-refractivity contribution in [3.63, 3.8) is 0 Å². The second kappa shape index (κ2) is 5.77. The molecule has 5 N–H and O–H groups in total. The van der Waals surface area contributed by atoms with Crippen molar-refractivity contribution in [2.24, 2.45) is 5.73 Å². The van der Waals surface area contributed by atoms with E-state index >= 15 is 0 Å². The van der Waals surface area contributed by atoms with Gasteiger partial charge in [0.25, 0.3) is 5.56 Å². The number of nitrogens with one attached hydrogen (secondary N) is 3. The second-order valence-corrected chi connectivity index (χ2v) is 7.34. The van der Waals surface area contributed by atoms with E-state index < -0.39 is 16.8 Å². The highest BCUT2D eigenvalue weighted by molar-refractivity contribution is 5.84. The van der Waals surface area contributed by atoms with Crippen LogP contribution in [-0.4, -0.2) is 33.6 Å². The fraction of sp³-hybridized carbons (Fsp3) is 0.688. The Balaban J connectivity index is 1.81. The number of aromatic amines is 2. The third kappa shape index (κ3) is 2.86. The lowest BCUT2D eigenvalue weighted by molar-refractivity contribution is -0.125. The molecule has 2 aliphatic rings. The molecular formula is C16H24N4O4. The summed E-state index contributed by atoms with van der Waals surface area (Å²) in [7, 11) is 0. The molecule has 132 valence electrons. The van der Waals surface area contributed by atoms with Gasteiger partial charge in [-0.2, -0.15) is 0 Å². The fourth-order valence-corrected chi connectivity index (χ4v) is 3.78. The molecular weight excluding hydrogens is 312 g/mol. The normalized spacial score (nSPS) is 25.5. The van der Waals surface area contributed by atoms with E-state index in [-0.39, 0.29) is 23.3 Å². The summed E-state index contributed by atoms with van der Waals surface area (Å²) in [5.74, 6) is -0.0150. The number of ether oxygens (including phenoxy) is 1. The molecule has 0 aromatic carbocycles. The highest BCUT2D eigenvalue weighted by atomic mass is 16.5. The molecule has 0 bridgehead atoms. The standard InChI is InChI=1S/C16H24N4O4/c1-15(2,17)13(22)18-8-7-16-6-4-3-5-9(16)10-11(21)19-14(23)20-12(10)24-16/h9H,3-8,17H2,1-2H3,(H,18,22)(H2,19,20,21,23)/t9-,16+/m1/s1. The van der Waals surface area contributed by atoms with Crippen molar-refractivity contribution in [2.75, 3.05) is 6.54 Å². The summed E-state index contributed by atoms with van der Waals surface area (Å²) < 4.78 is 6.07. The monoisotopic (exact) mass is 336 g/mol. The van der Waals surface area contributed by atoms with Crippen molar-refractivity contribution in [1.82, 2.24) is 15.3 Å². The predicted molar refractivity (Wildman–Crippen MR) is 88.1 cm³/mol. The van der Waals surface area contributed by atoms with E-state index in [1.165, 1.54) is 0 Å². The van der Waals surface area contributed by atoms with E-state index in [4.69, 9.17) is 10.5 Å². The van der Waals surface area contributed by atoms with Crippen LogP contribution >= 0.6 is 0 Å². The minimum Gasteiger partial charge on any atom is -0.471 e. The van der Waals surface area contributed by atoms with Gasteiger partial charge in [-0.1, -0.05) is 6.42 Å². The van der Waals surface area contributed by atoms with Crippen molar-refractivity contribution in [3.05, 3.63) is 26.4 Å². The minimum absolute atomic E-state index is 0.0651. The molecule has 1 aromatic heterocycles. The Hall–Kier alpha value is -2.09. The van der Waals surface area contributed by atoms with Gasteiger partial charge in [0.1, 0.15) is 5.60 Å². The molecule has 0 unspecified atom stereocenters. The maximum absolute atomic E-state index is 12.2. The number of hydrogen-bond acceptors (Lipinski definition) is 5. The van der Waals surface area contributed by atoms with Gasteiger partial charge in [0.2, 0.25) is 11.8 Å². The van der Waals surface area contributed by atoms with Crippen molar-refractivity contribution in [2.45, 2.75) is 63.0 Å². The number of nitrogens with two attached hydrogens (primary N) is 1. The third-order valence-electron chi connectivity index (χ3n) is 4.99. The van der Waals surface area contributed by atoms with E-state index in [2.05, 4.69) is 15.3 Å². The Labute approximate surface area is 139 Å². The van der Waals surface area contributed by atoms with Crippen LogP contribution in [0.3, 0.4) is 0 Å². The lowest BCUT2D eigenvalue weighted by atomic mass is 9.72.